The number of nitrogens with two attached hydrogens (primary N) is 1. The summed E-state index contributed by atoms with van der Waals surface area (Å²) in [7, 11) is 3.73. The van der Waals surface area contributed by atoms with E-state index in [9.17, 15) is 4.79 Å². The second-order valence-electron chi connectivity index (χ2n) is 3.56. The number of hydrogen-bond acceptors (Lipinski definition) is 2. The first-order valence-electron chi connectivity index (χ1n) is 3.80. The number of primary amides is 1. The van der Waals surface area contributed by atoms with E-state index in [1.54, 1.807) is 0 Å². The van der Waals surface area contributed by atoms with Crippen LogP contribution in [0.3, 0.4) is 0 Å². The molecule has 0 aromatic rings. The van der Waals surface area contributed by atoms with E-state index in [2.05, 4.69) is 0 Å². The van der Waals surface area contributed by atoms with Crippen molar-refractivity contribution in [3.8, 4) is 0 Å². The lowest BCUT2D eigenvalue weighted by atomic mass is 9.86. The van der Waals surface area contributed by atoms with Crippen LogP contribution in [0.4, 0.5) is 0 Å². The minimum absolute atomic E-state index is 0.231. The van der Waals surface area contributed by atoms with Gasteiger partial charge in [-0.15, -0.1) is 0 Å². The first-order chi connectivity index (χ1) is 4.83. The van der Waals surface area contributed by atoms with Gasteiger partial charge in [0.15, 0.2) is 0 Å². The standard InChI is InChI=1S/C8H18N2O/c1-6(2)8(3,7(9)11)10(4)5/h6H,1-5H3,(H2,9,11). The molecule has 0 fully saturated rings. The van der Waals surface area contributed by atoms with Crippen molar-refractivity contribution >= 4 is 5.91 Å². The Bertz CT molecular complexity index is 144. The summed E-state index contributed by atoms with van der Waals surface area (Å²) in [5, 5.41) is 0. The van der Waals surface area contributed by atoms with Gasteiger partial charge in [0.2, 0.25) is 5.91 Å². The van der Waals surface area contributed by atoms with Crippen LogP contribution in [-0.4, -0.2) is 30.4 Å². The topological polar surface area (TPSA) is 46.3 Å². The van der Waals surface area contributed by atoms with Crippen molar-refractivity contribution in [2.24, 2.45) is 11.7 Å². The van der Waals surface area contributed by atoms with Crippen LogP contribution in [-0.2, 0) is 4.79 Å². The molecule has 11 heavy (non-hydrogen) atoms. The third kappa shape index (κ3) is 1.71. The normalized spacial score (nSPS) is 17.0. The molecule has 0 aliphatic rings. The van der Waals surface area contributed by atoms with Crippen molar-refractivity contribution in [2.75, 3.05) is 14.1 Å². The maximum Gasteiger partial charge on any atom is 0.237 e. The van der Waals surface area contributed by atoms with E-state index in [-0.39, 0.29) is 11.8 Å². The van der Waals surface area contributed by atoms with Crippen LogP contribution in [0.5, 0.6) is 0 Å². The van der Waals surface area contributed by atoms with E-state index >= 15 is 0 Å². The molecule has 66 valence electrons. The van der Waals surface area contributed by atoms with Gasteiger partial charge in [0.1, 0.15) is 0 Å². The van der Waals surface area contributed by atoms with Gasteiger partial charge >= 0.3 is 0 Å². The van der Waals surface area contributed by atoms with Gasteiger partial charge in [-0.2, -0.15) is 0 Å². The van der Waals surface area contributed by atoms with Crippen molar-refractivity contribution in [3.63, 3.8) is 0 Å². The summed E-state index contributed by atoms with van der Waals surface area (Å²) in [5.74, 6) is -0.0347. The van der Waals surface area contributed by atoms with Crippen molar-refractivity contribution in [1.82, 2.24) is 4.90 Å². The minimum Gasteiger partial charge on any atom is -0.368 e. The van der Waals surface area contributed by atoms with Crippen LogP contribution in [0, 0.1) is 5.92 Å². The zero-order valence-electron chi connectivity index (χ0n) is 8.01. The molecule has 1 atom stereocenters. The molecule has 0 aliphatic carbocycles. The summed E-state index contributed by atoms with van der Waals surface area (Å²) in [6, 6.07) is 0. The molecule has 1 unspecified atom stereocenters. The Kier molecular flexibility index (Phi) is 3.05. The molecular weight excluding hydrogens is 140 g/mol. The number of carbonyl (C=O) groups excluding carboxylic acids is 1. The van der Waals surface area contributed by atoms with E-state index < -0.39 is 5.54 Å². The fourth-order valence-corrected chi connectivity index (χ4v) is 1.02. The van der Waals surface area contributed by atoms with Crippen molar-refractivity contribution in [3.05, 3.63) is 0 Å². The van der Waals surface area contributed by atoms with Gasteiger partial charge in [0, 0.05) is 0 Å². The largest absolute Gasteiger partial charge is 0.368 e. The molecule has 0 aliphatic heterocycles. The number of nitrogens with zero attached hydrogens (tertiary/aromatic N) is 1. The van der Waals surface area contributed by atoms with Gasteiger partial charge in [-0.05, 0) is 26.9 Å². The van der Waals surface area contributed by atoms with Crippen LogP contribution < -0.4 is 5.73 Å². The Balaban J connectivity index is 4.67. The average Bonchev–Trinajstić information content (AvgIpc) is 1.84. The summed E-state index contributed by atoms with van der Waals surface area (Å²) in [6.45, 7) is 5.84. The molecule has 0 aromatic heterocycles. The maximum atomic E-state index is 11.1. The third-order valence-corrected chi connectivity index (χ3v) is 2.55. The first-order valence-corrected chi connectivity index (χ1v) is 3.80. The van der Waals surface area contributed by atoms with Crippen molar-refractivity contribution < 1.29 is 4.79 Å². The molecule has 3 nitrogen and oxygen atoms in total. The Morgan fingerprint density at radius 1 is 1.45 bits per heavy atom. The fourth-order valence-electron chi connectivity index (χ4n) is 1.02. The number of amides is 1. The Morgan fingerprint density at radius 2 is 1.82 bits per heavy atom. The summed E-state index contributed by atoms with van der Waals surface area (Å²) >= 11 is 0. The highest BCUT2D eigenvalue weighted by molar-refractivity contribution is 5.84. The molecule has 1 amide bonds. The van der Waals surface area contributed by atoms with Gasteiger partial charge < -0.3 is 5.73 Å². The second-order valence-corrected chi connectivity index (χ2v) is 3.56. The summed E-state index contributed by atoms with van der Waals surface area (Å²) in [5.41, 5.74) is 4.76. The molecule has 0 spiro atoms. The van der Waals surface area contributed by atoms with Crippen LogP contribution in [0.25, 0.3) is 0 Å². The average molecular weight is 158 g/mol. The Hall–Kier alpha value is -0.570. The van der Waals surface area contributed by atoms with Gasteiger partial charge in [-0.25, -0.2) is 0 Å². The lowest BCUT2D eigenvalue weighted by Crippen LogP contribution is -2.55. The van der Waals surface area contributed by atoms with Gasteiger partial charge in [-0.3, -0.25) is 9.69 Å². The highest BCUT2D eigenvalue weighted by atomic mass is 16.1. The van der Waals surface area contributed by atoms with Crippen LogP contribution >= 0.6 is 0 Å². The zero-order chi connectivity index (χ0) is 9.23. The highest BCUT2D eigenvalue weighted by Gasteiger charge is 2.36. The number of rotatable bonds is 3. The molecule has 3 heteroatoms. The highest BCUT2D eigenvalue weighted by Crippen LogP contribution is 2.21. The molecule has 0 rings (SSSR count). The van der Waals surface area contributed by atoms with Crippen molar-refractivity contribution in [1.29, 1.82) is 0 Å². The molecular formula is C8H18N2O. The van der Waals surface area contributed by atoms with E-state index in [4.69, 9.17) is 5.73 Å². The smallest absolute Gasteiger partial charge is 0.237 e. The fraction of sp³-hybridized carbons (Fsp3) is 0.875. The zero-order valence-corrected chi connectivity index (χ0v) is 8.01. The van der Waals surface area contributed by atoms with Gasteiger partial charge in [0.25, 0.3) is 0 Å². The van der Waals surface area contributed by atoms with E-state index in [0.717, 1.165) is 0 Å². The van der Waals surface area contributed by atoms with Crippen LogP contribution in [0.2, 0.25) is 0 Å². The molecule has 0 bridgehead atoms. The van der Waals surface area contributed by atoms with E-state index in [0.29, 0.717) is 0 Å². The SMILES string of the molecule is CC(C)C(C)(C(N)=O)N(C)C. The van der Waals surface area contributed by atoms with E-state index in [1.165, 1.54) is 0 Å². The third-order valence-electron chi connectivity index (χ3n) is 2.55. The Labute approximate surface area is 68.6 Å². The van der Waals surface area contributed by atoms with Crippen molar-refractivity contribution in [2.45, 2.75) is 26.3 Å². The Morgan fingerprint density at radius 3 is 1.82 bits per heavy atom. The van der Waals surface area contributed by atoms with E-state index in [1.807, 2.05) is 39.8 Å². The second kappa shape index (κ2) is 3.22. The predicted octanol–water partition coefficient (Wildman–Crippen LogP) is 0.448. The molecule has 2 N–H and O–H groups in total. The minimum atomic E-state index is -0.528. The lowest BCUT2D eigenvalue weighted by molar-refractivity contribution is -0.130. The molecule has 0 heterocycles. The lowest BCUT2D eigenvalue weighted by Gasteiger charge is -2.36. The number of carbonyl (C=O) groups is 1. The summed E-state index contributed by atoms with van der Waals surface area (Å²) in [4.78, 5) is 12.9. The number of likely N-dealkylation sites (N-methyl/N-ethyl adjacent to an activating group) is 1. The van der Waals surface area contributed by atoms with Crippen LogP contribution in [0.15, 0.2) is 0 Å². The summed E-state index contributed by atoms with van der Waals surface area (Å²) in [6.07, 6.45) is 0. The van der Waals surface area contributed by atoms with Gasteiger partial charge in [-0.1, -0.05) is 13.8 Å². The first kappa shape index (κ1) is 10.4. The molecule has 0 saturated heterocycles. The molecule has 0 saturated carbocycles. The molecule has 0 aromatic carbocycles. The predicted molar refractivity (Wildman–Crippen MR) is 46.1 cm³/mol. The monoisotopic (exact) mass is 158 g/mol. The maximum absolute atomic E-state index is 11.1. The van der Waals surface area contributed by atoms with Crippen LogP contribution in [0.1, 0.15) is 20.8 Å². The molecule has 0 radical (unpaired) electrons. The summed E-state index contributed by atoms with van der Waals surface area (Å²) < 4.78 is 0. The van der Waals surface area contributed by atoms with Gasteiger partial charge in [0.05, 0.1) is 5.54 Å². The quantitative estimate of drug-likeness (QED) is 0.648. The number of hydrogen-bond donors (Lipinski definition) is 1.